The number of nitrogen functional groups attached to an aromatic ring is 1. The van der Waals surface area contributed by atoms with Crippen molar-refractivity contribution in [3.8, 4) is 22.9 Å². The summed E-state index contributed by atoms with van der Waals surface area (Å²) in [5.41, 5.74) is 10.5. The van der Waals surface area contributed by atoms with Crippen LogP contribution in [0, 0.1) is 17.2 Å². The van der Waals surface area contributed by atoms with Gasteiger partial charge in [0.1, 0.15) is 12.4 Å². The SMILES string of the molecule is COC(=O)C[C@@H]1C[C@@H](COc2ccc(-c3ccc(C#N)cc3)cc2N)N(CCCc2ccccc2)C1=O. The highest BCUT2D eigenvalue weighted by Gasteiger charge is 2.40. The van der Waals surface area contributed by atoms with E-state index >= 15 is 0 Å². The van der Waals surface area contributed by atoms with E-state index in [4.69, 9.17) is 20.5 Å². The van der Waals surface area contributed by atoms with Crippen molar-refractivity contribution in [2.75, 3.05) is 26.0 Å². The topological polar surface area (TPSA) is 106 Å². The van der Waals surface area contributed by atoms with Crippen molar-refractivity contribution >= 4 is 17.6 Å². The number of nitriles is 1. The van der Waals surface area contributed by atoms with Crippen LogP contribution in [0.2, 0.25) is 0 Å². The molecule has 2 atom stereocenters. The molecule has 37 heavy (non-hydrogen) atoms. The van der Waals surface area contributed by atoms with Crippen molar-refractivity contribution in [3.63, 3.8) is 0 Å². The van der Waals surface area contributed by atoms with Gasteiger partial charge in [-0.05, 0) is 60.2 Å². The molecular weight excluding hydrogens is 466 g/mol. The van der Waals surface area contributed by atoms with Crippen molar-refractivity contribution in [3.05, 3.63) is 83.9 Å². The highest BCUT2D eigenvalue weighted by molar-refractivity contribution is 5.86. The van der Waals surface area contributed by atoms with Crippen LogP contribution in [0.3, 0.4) is 0 Å². The van der Waals surface area contributed by atoms with Crippen LogP contribution < -0.4 is 10.5 Å². The number of rotatable bonds is 10. The quantitative estimate of drug-likeness (QED) is 0.324. The molecule has 7 nitrogen and oxygen atoms in total. The van der Waals surface area contributed by atoms with Crippen LogP contribution >= 0.6 is 0 Å². The third-order valence-electron chi connectivity index (χ3n) is 6.77. The maximum atomic E-state index is 13.2. The molecule has 3 aromatic carbocycles. The summed E-state index contributed by atoms with van der Waals surface area (Å²) in [6.07, 6.45) is 2.28. The van der Waals surface area contributed by atoms with Gasteiger partial charge in [0.2, 0.25) is 5.91 Å². The maximum Gasteiger partial charge on any atom is 0.306 e. The van der Waals surface area contributed by atoms with E-state index in [2.05, 4.69) is 18.2 Å². The molecule has 0 spiro atoms. The smallest absolute Gasteiger partial charge is 0.306 e. The van der Waals surface area contributed by atoms with E-state index in [-0.39, 0.29) is 30.9 Å². The van der Waals surface area contributed by atoms with Crippen molar-refractivity contribution < 1.29 is 19.1 Å². The number of esters is 1. The van der Waals surface area contributed by atoms with Gasteiger partial charge in [0.15, 0.2) is 0 Å². The van der Waals surface area contributed by atoms with E-state index in [1.54, 1.807) is 12.1 Å². The summed E-state index contributed by atoms with van der Waals surface area (Å²) in [5.74, 6) is -0.276. The molecule has 0 radical (unpaired) electrons. The van der Waals surface area contributed by atoms with Crippen LogP contribution in [0.4, 0.5) is 5.69 Å². The Balaban J connectivity index is 1.42. The van der Waals surface area contributed by atoms with Gasteiger partial charge >= 0.3 is 5.97 Å². The predicted molar refractivity (Wildman–Crippen MR) is 142 cm³/mol. The van der Waals surface area contributed by atoms with Crippen LogP contribution in [0.15, 0.2) is 72.8 Å². The minimum absolute atomic E-state index is 0.0313. The van der Waals surface area contributed by atoms with Crippen molar-refractivity contribution in [1.29, 1.82) is 5.26 Å². The van der Waals surface area contributed by atoms with E-state index in [0.29, 0.717) is 30.0 Å². The van der Waals surface area contributed by atoms with E-state index < -0.39 is 5.92 Å². The number of carbonyl (C=O) groups is 2. The summed E-state index contributed by atoms with van der Waals surface area (Å²) in [5, 5.41) is 9.00. The fourth-order valence-corrected chi connectivity index (χ4v) is 4.76. The number of hydrogen-bond donors (Lipinski definition) is 1. The number of nitrogens with two attached hydrogens (primary N) is 1. The molecular formula is C30H31N3O4. The van der Waals surface area contributed by atoms with Crippen LogP contribution in [0.25, 0.3) is 11.1 Å². The molecule has 0 aliphatic carbocycles. The van der Waals surface area contributed by atoms with E-state index in [1.807, 2.05) is 53.4 Å². The van der Waals surface area contributed by atoms with Gasteiger partial charge in [-0.15, -0.1) is 0 Å². The summed E-state index contributed by atoms with van der Waals surface area (Å²) in [4.78, 5) is 26.9. The first-order valence-electron chi connectivity index (χ1n) is 12.4. The minimum atomic E-state index is -0.408. The molecule has 4 rings (SSSR count). The van der Waals surface area contributed by atoms with E-state index in [0.717, 1.165) is 24.0 Å². The first-order chi connectivity index (χ1) is 18.0. The van der Waals surface area contributed by atoms with Crippen LogP contribution in [0.1, 0.15) is 30.4 Å². The third kappa shape index (κ3) is 6.47. The van der Waals surface area contributed by atoms with Gasteiger partial charge in [-0.1, -0.05) is 48.5 Å². The number of amides is 1. The molecule has 3 aromatic rings. The lowest BCUT2D eigenvalue weighted by Crippen LogP contribution is -2.38. The average molecular weight is 498 g/mol. The highest BCUT2D eigenvalue weighted by atomic mass is 16.5. The molecule has 0 aromatic heterocycles. The number of nitrogens with zero attached hydrogens (tertiary/aromatic N) is 2. The van der Waals surface area contributed by atoms with Crippen molar-refractivity contribution in [1.82, 2.24) is 4.90 Å². The number of aryl methyl sites for hydroxylation is 1. The second-order valence-corrected chi connectivity index (χ2v) is 9.24. The highest BCUT2D eigenvalue weighted by Crippen LogP contribution is 2.32. The second kappa shape index (κ2) is 12.1. The van der Waals surface area contributed by atoms with Crippen LogP contribution in [-0.2, 0) is 20.7 Å². The van der Waals surface area contributed by atoms with Crippen molar-refractivity contribution in [2.24, 2.45) is 5.92 Å². The van der Waals surface area contributed by atoms with Crippen LogP contribution in [0.5, 0.6) is 5.75 Å². The molecule has 0 bridgehead atoms. The van der Waals surface area contributed by atoms with E-state index in [1.165, 1.54) is 12.7 Å². The number of anilines is 1. The largest absolute Gasteiger partial charge is 0.489 e. The number of benzene rings is 3. The zero-order valence-electron chi connectivity index (χ0n) is 20.9. The first-order valence-corrected chi connectivity index (χ1v) is 12.4. The average Bonchev–Trinajstić information content (AvgIpc) is 3.22. The lowest BCUT2D eigenvalue weighted by atomic mass is 10.0. The van der Waals surface area contributed by atoms with Gasteiger partial charge in [-0.3, -0.25) is 9.59 Å². The third-order valence-corrected chi connectivity index (χ3v) is 6.77. The normalized spacial score (nSPS) is 16.9. The van der Waals surface area contributed by atoms with Gasteiger partial charge < -0.3 is 20.1 Å². The Morgan fingerprint density at radius 2 is 1.81 bits per heavy atom. The van der Waals surface area contributed by atoms with Gasteiger partial charge in [0.25, 0.3) is 0 Å². The molecule has 2 N–H and O–H groups in total. The monoisotopic (exact) mass is 497 g/mol. The Hall–Kier alpha value is -4.31. The molecule has 1 saturated heterocycles. The summed E-state index contributed by atoms with van der Waals surface area (Å²) in [7, 11) is 1.34. The molecule has 0 saturated carbocycles. The fraction of sp³-hybridized carbons (Fsp3) is 0.300. The number of carbonyl (C=O) groups excluding carboxylic acids is 2. The Bertz CT molecular complexity index is 1270. The van der Waals surface area contributed by atoms with Gasteiger partial charge in [-0.2, -0.15) is 5.26 Å². The fourth-order valence-electron chi connectivity index (χ4n) is 4.76. The molecule has 1 amide bonds. The first kappa shape index (κ1) is 25.8. The summed E-state index contributed by atoms with van der Waals surface area (Å²) >= 11 is 0. The number of hydrogen-bond acceptors (Lipinski definition) is 6. The summed E-state index contributed by atoms with van der Waals surface area (Å²) in [6, 6.07) is 25.0. The lowest BCUT2D eigenvalue weighted by molar-refractivity contribution is -0.144. The Labute approximate surface area is 217 Å². The van der Waals surface area contributed by atoms with Gasteiger partial charge in [0.05, 0.1) is 42.8 Å². The molecule has 1 aliphatic heterocycles. The lowest BCUT2D eigenvalue weighted by Gasteiger charge is -2.25. The zero-order valence-corrected chi connectivity index (χ0v) is 20.9. The molecule has 190 valence electrons. The van der Waals surface area contributed by atoms with Crippen molar-refractivity contribution in [2.45, 2.75) is 31.7 Å². The van der Waals surface area contributed by atoms with E-state index in [9.17, 15) is 9.59 Å². The van der Waals surface area contributed by atoms with Crippen LogP contribution in [-0.4, -0.2) is 43.1 Å². The summed E-state index contributed by atoms with van der Waals surface area (Å²) < 4.78 is 10.9. The molecule has 1 heterocycles. The Morgan fingerprint density at radius 3 is 2.49 bits per heavy atom. The number of ether oxygens (including phenoxy) is 2. The number of methoxy groups -OCH3 is 1. The molecule has 7 heteroatoms. The number of likely N-dealkylation sites (tertiary alicyclic amines) is 1. The Morgan fingerprint density at radius 1 is 1.08 bits per heavy atom. The standard InChI is InChI=1S/C30H31N3O4/c1-36-29(34)18-25-16-26(33(30(25)35)15-5-8-21-6-3-2-4-7-21)20-37-28-14-13-24(17-27(28)32)23-11-9-22(19-31)10-12-23/h2-4,6-7,9-14,17,25-26H,5,8,15-16,18,20,32H2,1H3/t25-,26-/m0/s1. The molecule has 1 aliphatic rings. The molecule has 1 fully saturated rings. The second-order valence-electron chi connectivity index (χ2n) is 9.24. The molecule has 0 unspecified atom stereocenters. The summed E-state index contributed by atoms with van der Waals surface area (Å²) in [6.45, 7) is 0.877. The zero-order chi connectivity index (χ0) is 26.2. The minimum Gasteiger partial charge on any atom is -0.489 e. The van der Waals surface area contributed by atoms with Gasteiger partial charge in [0, 0.05) is 6.54 Å². The predicted octanol–water partition coefficient (Wildman–Crippen LogP) is 4.60. The Kier molecular flexibility index (Phi) is 8.42. The maximum absolute atomic E-state index is 13.2. The van der Waals surface area contributed by atoms with Gasteiger partial charge in [-0.25, -0.2) is 0 Å².